The van der Waals surface area contributed by atoms with Crippen molar-refractivity contribution in [2.24, 2.45) is 4.99 Å². The number of nitrogens with zero attached hydrogens (tertiary/aromatic N) is 2. The van der Waals surface area contributed by atoms with Gasteiger partial charge >= 0.3 is 5.97 Å². The van der Waals surface area contributed by atoms with Crippen molar-refractivity contribution in [1.82, 2.24) is 4.90 Å². The van der Waals surface area contributed by atoms with E-state index >= 15 is 0 Å². The topological polar surface area (TPSA) is 51.1 Å². The smallest absolute Gasteiger partial charge is 0.305 e. The Labute approximate surface area is 173 Å². The Morgan fingerprint density at radius 3 is 2.69 bits per heavy atom. The first-order valence-corrected chi connectivity index (χ1v) is 10.3. The Morgan fingerprint density at radius 2 is 1.93 bits per heavy atom. The van der Waals surface area contributed by atoms with Crippen LogP contribution in [0.25, 0.3) is 0 Å². The molecule has 0 atom stereocenters. The third-order valence-electron chi connectivity index (χ3n) is 5.38. The van der Waals surface area contributed by atoms with Crippen molar-refractivity contribution in [2.45, 2.75) is 33.3 Å². The van der Waals surface area contributed by atoms with E-state index in [4.69, 9.17) is 14.5 Å². The second-order valence-corrected chi connectivity index (χ2v) is 7.11. The van der Waals surface area contributed by atoms with Gasteiger partial charge in [0.2, 0.25) is 0 Å². The van der Waals surface area contributed by atoms with E-state index in [9.17, 15) is 4.79 Å². The maximum Gasteiger partial charge on any atom is 0.305 e. The molecule has 1 aliphatic rings. The molecule has 2 aromatic carbocycles. The number of aryl methyl sites for hydroxylation is 1. The molecule has 0 aromatic heterocycles. The highest BCUT2D eigenvalue weighted by molar-refractivity contribution is 6.15. The van der Waals surface area contributed by atoms with Crippen LogP contribution in [0.15, 0.2) is 47.5 Å². The molecule has 0 amide bonds. The van der Waals surface area contributed by atoms with Crippen molar-refractivity contribution in [2.75, 3.05) is 33.3 Å². The summed E-state index contributed by atoms with van der Waals surface area (Å²) >= 11 is 0. The minimum Gasteiger partial charge on any atom is -0.488 e. The normalized spacial score (nSPS) is 14.1. The Kier molecular flexibility index (Phi) is 7.42. The highest BCUT2D eigenvalue weighted by Crippen LogP contribution is 2.30. The van der Waals surface area contributed by atoms with Gasteiger partial charge in [-0.3, -0.25) is 9.79 Å². The van der Waals surface area contributed by atoms with Crippen LogP contribution in [0, 0.1) is 0 Å². The van der Waals surface area contributed by atoms with Crippen molar-refractivity contribution in [3.63, 3.8) is 0 Å². The second-order valence-electron chi connectivity index (χ2n) is 7.11. The fraction of sp³-hybridized carbons (Fsp3) is 0.417. The fourth-order valence-corrected chi connectivity index (χ4v) is 3.58. The highest BCUT2D eigenvalue weighted by atomic mass is 16.5. The van der Waals surface area contributed by atoms with Crippen LogP contribution >= 0.6 is 0 Å². The Bertz CT molecular complexity index is 872. The number of fused-ring (bicyclic) bond motifs is 2. The molecule has 0 radical (unpaired) electrons. The van der Waals surface area contributed by atoms with Gasteiger partial charge in [-0.15, -0.1) is 0 Å². The summed E-state index contributed by atoms with van der Waals surface area (Å²) in [6.07, 6.45) is 0.996. The molecule has 2 aromatic rings. The van der Waals surface area contributed by atoms with Crippen LogP contribution in [0.1, 0.15) is 42.5 Å². The molecule has 154 valence electrons. The predicted molar refractivity (Wildman–Crippen MR) is 116 cm³/mol. The molecule has 0 saturated carbocycles. The van der Waals surface area contributed by atoms with Crippen molar-refractivity contribution < 1.29 is 14.3 Å². The molecule has 5 nitrogen and oxygen atoms in total. The number of esters is 1. The zero-order valence-electron chi connectivity index (χ0n) is 17.6. The van der Waals surface area contributed by atoms with E-state index in [1.54, 1.807) is 0 Å². The van der Waals surface area contributed by atoms with Gasteiger partial charge in [0.25, 0.3) is 0 Å². The van der Waals surface area contributed by atoms with E-state index in [2.05, 4.69) is 36.9 Å². The first-order chi connectivity index (χ1) is 14.2. The number of carbonyl (C=O) groups is 1. The summed E-state index contributed by atoms with van der Waals surface area (Å²) in [4.78, 5) is 18.9. The SMILES string of the molecule is CCN(CC)CC/N=C1\c2ccccc2COc2ccc(CCC(=O)OC)cc21. The molecule has 0 fully saturated rings. The monoisotopic (exact) mass is 394 g/mol. The van der Waals surface area contributed by atoms with Gasteiger partial charge in [0.1, 0.15) is 12.4 Å². The summed E-state index contributed by atoms with van der Waals surface area (Å²) in [7, 11) is 1.42. The van der Waals surface area contributed by atoms with E-state index in [0.29, 0.717) is 19.4 Å². The third-order valence-corrected chi connectivity index (χ3v) is 5.38. The van der Waals surface area contributed by atoms with E-state index in [-0.39, 0.29) is 5.97 Å². The van der Waals surface area contributed by atoms with Gasteiger partial charge in [0, 0.05) is 24.1 Å². The molecule has 1 heterocycles. The minimum atomic E-state index is -0.199. The highest BCUT2D eigenvalue weighted by Gasteiger charge is 2.21. The summed E-state index contributed by atoms with van der Waals surface area (Å²) in [6.45, 7) is 8.58. The lowest BCUT2D eigenvalue weighted by atomic mass is 9.96. The van der Waals surface area contributed by atoms with E-state index < -0.39 is 0 Å². The average Bonchev–Trinajstić information content (AvgIpc) is 2.92. The van der Waals surface area contributed by atoms with Gasteiger partial charge in [-0.05, 0) is 42.8 Å². The Morgan fingerprint density at radius 1 is 1.14 bits per heavy atom. The zero-order valence-corrected chi connectivity index (χ0v) is 17.6. The van der Waals surface area contributed by atoms with Crippen LogP contribution in [0.2, 0.25) is 0 Å². The van der Waals surface area contributed by atoms with Crippen LogP contribution in [0.3, 0.4) is 0 Å². The third kappa shape index (κ3) is 5.24. The molecule has 0 N–H and O–H groups in total. The van der Waals surface area contributed by atoms with Crippen LogP contribution in [-0.2, 0) is 22.6 Å². The van der Waals surface area contributed by atoms with Crippen LogP contribution < -0.4 is 4.74 Å². The number of likely N-dealkylation sites (N-methyl/N-ethyl adjacent to an activating group) is 1. The molecule has 29 heavy (non-hydrogen) atoms. The maximum absolute atomic E-state index is 11.5. The van der Waals surface area contributed by atoms with Crippen molar-refractivity contribution in [3.8, 4) is 5.75 Å². The van der Waals surface area contributed by atoms with Crippen LogP contribution in [0.5, 0.6) is 5.75 Å². The Balaban J connectivity index is 1.95. The molecular weight excluding hydrogens is 364 g/mol. The standard InChI is InChI=1S/C24H30N2O3/c1-4-26(5-2)15-14-25-24-20-9-7-6-8-19(20)17-29-22-12-10-18(16-21(22)24)11-13-23(27)28-3/h6-10,12,16H,4-5,11,13-15,17H2,1-3H3/b25-24+. The number of carbonyl (C=O) groups excluding carboxylic acids is 1. The molecule has 0 saturated heterocycles. The lowest BCUT2D eigenvalue weighted by Crippen LogP contribution is -2.26. The van der Waals surface area contributed by atoms with E-state index in [1.807, 2.05) is 24.3 Å². The Hall–Kier alpha value is -2.66. The molecule has 1 aliphatic heterocycles. The lowest BCUT2D eigenvalue weighted by Gasteiger charge is -2.17. The molecule has 0 bridgehead atoms. The summed E-state index contributed by atoms with van der Waals surface area (Å²) < 4.78 is 10.9. The molecule has 5 heteroatoms. The minimum absolute atomic E-state index is 0.199. The van der Waals surface area contributed by atoms with Crippen molar-refractivity contribution in [1.29, 1.82) is 0 Å². The van der Waals surface area contributed by atoms with Crippen LogP contribution in [-0.4, -0.2) is 49.9 Å². The molecule has 0 aliphatic carbocycles. The van der Waals surface area contributed by atoms with E-state index in [0.717, 1.165) is 59.9 Å². The summed E-state index contributed by atoms with van der Waals surface area (Å²) in [5.74, 6) is 0.638. The number of methoxy groups -OCH3 is 1. The summed E-state index contributed by atoms with van der Waals surface area (Å²) in [6, 6.07) is 14.4. The molecular formula is C24H30N2O3. The number of rotatable bonds is 8. The predicted octanol–water partition coefficient (Wildman–Crippen LogP) is 3.86. The molecule has 0 unspecified atom stereocenters. The van der Waals surface area contributed by atoms with Gasteiger partial charge in [-0.2, -0.15) is 0 Å². The summed E-state index contributed by atoms with van der Waals surface area (Å²) in [5.41, 5.74) is 5.31. The van der Waals surface area contributed by atoms with E-state index in [1.165, 1.54) is 7.11 Å². The number of ether oxygens (including phenoxy) is 2. The zero-order chi connectivity index (χ0) is 20.6. The largest absolute Gasteiger partial charge is 0.488 e. The first-order valence-electron chi connectivity index (χ1n) is 10.3. The number of benzene rings is 2. The number of aliphatic imine (C=N–C) groups is 1. The van der Waals surface area contributed by atoms with Gasteiger partial charge < -0.3 is 14.4 Å². The first kappa shape index (κ1) is 21.1. The quantitative estimate of drug-likeness (QED) is 0.638. The van der Waals surface area contributed by atoms with Gasteiger partial charge in [0.15, 0.2) is 0 Å². The molecule has 0 spiro atoms. The second kappa shape index (κ2) is 10.2. The summed E-state index contributed by atoms with van der Waals surface area (Å²) in [5, 5.41) is 0. The van der Waals surface area contributed by atoms with Gasteiger partial charge in [-0.1, -0.05) is 44.2 Å². The average molecular weight is 395 g/mol. The van der Waals surface area contributed by atoms with Crippen molar-refractivity contribution in [3.05, 3.63) is 64.7 Å². The number of hydrogen-bond acceptors (Lipinski definition) is 5. The maximum atomic E-state index is 11.5. The fourth-order valence-electron chi connectivity index (χ4n) is 3.58. The molecule has 3 rings (SSSR count). The van der Waals surface area contributed by atoms with Crippen LogP contribution in [0.4, 0.5) is 0 Å². The van der Waals surface area contributed by atoms with Crippen molar-refractivity contribution >= 4 is 11.7 Å². The van der Waals surface area contributed by atoms with Gasteiger partial charge in [-0.25, -0.2) is 0 Å². The number of hydrogen-bond donors (Lipinski definition) is 0. The van der Waals surface area contributed by atoms with Gasteiger partial charge in [0.05, 0.1) is 19.4 Å². The lowest BCUT2D eigenvalue weighted by molar-refractivity contribution is -0.140.